The SMILES string of the molecule is O=C(CCSc1nnc(-c2cccc([N+](=O)[O-])c2)n1-c1ccccc1)NCc1ccco1. The largest absolute Gasteiger partial charge is 0.467 e. The van der Waals surface area contributed by atoms with Gasteiger partial charge in [-0.15, -0.1) is 10.2 Å². The number of amides is 1. The monoisotopic (exact) mass is 449 g/mol. The summed E-state index contributed by atoms with van der Waals surface area (Å²) in [5, 5.41) is 23.2. The molecule has 10 heteroatoms. The van der Waals surface area contributed by atoms with Gasteiger partial charge in [-0.3, -0.25) is 19.5 Å². The van der Waals surface area contributed by atoms with Crippen LogP contribution in [0.3, 0.4) is 0 Å². The standard InChI is InChI=1S/C22H19N5O4S/c28-20(23-15-19-10-5-12-31-19)11-13-32-22-25-24-21(26(22)17-7-2-1-3-8-17)16-6-4-9-18(14-16)27(29)30/h1-10,12,14H,11,13,15H2,(H,23,28). The lowest BCUT2D eigenvalue weighted by molar-refractivity contribution is -0.384. The van der Waals surface area contributed by atoms with Crippen molar-refractivity contribution in [3.63, 3.8) is 0 Å². The Morgan fingerprint density at radius 3 is 2.69 bits per heavy atom. The fourth-order valence-electron chi connectivity index (χ4n) is 3.04. The van der Waals surface area contributed by atoms with Crippen LogP contribution in [-0.4, -0.2) is 31.3 Å². The van der Waals surface area contributed by atoms with Gasteiger partial charge in [0, 0.05) is 35.6 Å². The molecule has 0 aliphatic carbocycles. The summed E-state index contributed by atoms with van der Waals surface area (Å²) in [4.78, 5) is 22.9. The summed E-state index contributed by atoms with van der Waals surface area (Å²) in [5.41, 5.74) is 1.38. The second-order valence-electron chi connectivity index (χ2n) is 6.74. The van der Waals surface area contributed by atoms with Gasteiger partial charge in [-0.25, -0.2) is 0 Å². The van der Waals surface area contributed by atoms with E-state index >= 15 is 0 Å². The summed E-state index contributed by atoms with van der Waals surface area (Å²) >= 11 is 1.39. The summed E-state index contributed by atoms with van der Waals surface area (Å²) in [5.74, 6) is 1.57. The van der Waals surface area contributed by atoms with Crippen molar-refractivity contribution in [2.75, 3.05) is 5.75 Å². The normalized spacial score (nSPS) is 10.8. The maximum atomic E-state index is 12.1. The summed E-state index contributed by atoms with van der Waals surface area (Å²) in [7, 11) is 0. The van der Waals surface area contributed by atoms with E-state index in [1.807, 2.05) is 34.9 Å². The molecule has 0 radical (unpaired) electrons. The van der Waals surface area contributed by atoms with E-state index in [0.29, 0.717) is 41.0 Å². The zero-order valence-electron chi connectivity index (χ0n) is 16.9. The Morgan fingerprint density at radius 1 is 1.09 bits per heavy atom. The quantitative estimate of drug-likeness (QED) is 0.231. The van der Waals surface area contributed by atoms with Gasteiger partial charge in [-0.2, -0.15) is 0 Å². The van der Waals surface area contributed by atoms with Crippen molar-refractivity contribution in [3.8, 4) is 17.1 Å². The van der Waals surface area contributed by atoms with Crippen LogP contribution in [0.1, 0.15) is 12.2 Å². The number of rotatable bonds is 9. The van der Waals surface area contributed by atoms with Gasteiger partial charge in [0.15, 0.2) is 11.0 Å². The van der Waals surface area contributed by atoms with Crippen LogP contribution in [0.15, 0.2) is 82.6 Å². The first kappa shape index (κ1) is 21.3. The van der Waals surface area contributed by atoms with Gasteiger partial charge in [-0.05, 0) is 24.3 Å². The topological polar surface area (TPSA) is 116 Å². The molecule has 0 spiro atoms. The second kappa shape index (κ2) is 9.92. The van der Waals surface area contributed by atoms with Crippen LogP contribution in [0, 0.1) is 10.1 Å². The molecule has 2 heterocycles. The van der Waals surface area contributed by atoms with Crippen molar-refractivity contribution >= 4 is 23.4 Å². The van der Waals surface area contributed by atoms with E-state index in [4.69, 9.17) is 4.42 Å². The molecule has 1 N–H and O–H groups in total. The number of carbonyl (C=O) groups excluding carboxylic acids is 1. The van der Waals surface area contributed by atoms with E-state index in [2.05, 4.69) is 15.5 Å². The fourth-order valence-corrected chi connectivity index (χ4v) is 3.93. The maximum Gasteiger partial charge on any atom is 0.270 e. The van der Waals surface area contributed by atoms with Crippen molar-refractivity contribution < 1.29 is 14.1 Å². The third-order valence-electron chi connectivity index (χ3n) is 4.56. The number of para-hydroxylation sites is 1. The fraction of sp³-hybridized carbons (Fsp3) is 0.136. The third-order valence-corrected chi connectivity index (χ3v) is 5.49. The van der Waals surface area contributed by atoms with Crippen molar-refractivity contribution in [3.05, 3.63) is 88.9 Å². The van der Waals surface area contributed by atoms with E-state index in [1.54, 1.807) is 30.5 Å². The first-order valence-electron chi connectivity index (χ1n) is 9.79. The number of non-ortho nitro benzene ring substituents is 1. The van der Waals surface area contributed by atoms with Crippen LogP contribution < -0.4 is 5.32 Å². The van der Waals surface area contributed by atoms with Crippen LogP contribution in [0.5, 0.6) is 0 Å². The lowest BCUT2D eigenvalue weighted by atomic mass is 10.2. The van der Waals surface area contributed by atoms with Crippen molar-refractivity contribution in [1.82, 2.24) is 20.1 Å². The zero-order valence-corrected chi connectivity index (χ0v) is 17.7. The summed E-state index contributed by atoms with van der Waals surface area (Å²) < 4.78 is 7.04. The maximum absolute atomic E-state index is 12.1. The lowest BCUT2D eigenvalue weighted by Gasteiger charge is -2.10. The molecular formula is C22H19N5O4S. The highest BCUT2D eigenvalue weighted by atomic mass is 32.2. The number of carbonyl (C=O) groups is 1. The van der Waals surface area contributed by atoms with Crippen LogP contribution in [0.25, 0.3) is 17.1 Å². The minimum absolute atomic E-state index is 0.0208. The molecule has 4 aromatic rings. The van der Waals surface area contributed by atoms with Crippen LogP contribution in [-0.2, 0) is 11.3 Å². The van der Waals surface area contributed by atoms with E-state index in [9.17, 15) is 14.9 Å². The van der Waals surface area contributed by atoms with Crippen LogP contribution in [0.4, 0.5) is 5.69 Å². The highest BCUT2D eigenvalue weighted by molar-refractivity contribution is 7.99. The number of thioether (sulfide) groups is 1. The van der Waals surface area contributed by atoms with E-state index in [-0.39, 0.29) is 11.6 Å². The number of aromatic nitrogens is 3. The number of furan rings is 1. The Hall–Kier alpha value is -3.92. The average Bonchev–Trinajstić information content (AvgIpc) is 3.48. The lowest BCUT2D eigenvalue weighted by Crippen LogP contribution is -2.22. The smallest absolute Gasteiger partial charge is 0.270 e. The van der Waals surface area contributed by atoms with E-state index in [1.165, 1.54) is 23.9 Å². The minimum atomic E-state index is -0.441. The highest BCUT2D eigenvalue weighted by Gasteiger charge is 2.18. The van der Waals surface area contributed by atoms with Gasteiger partial charge in [0.05, 0.1) is 17.7 Å². The molecule has 2 aromatic carbocycles. The summed E-state index contributed by atoms with van der Waals surface area (Å²) in [6, 6.07) is 19.3. The van der Waals surface area contributed by atoms with Crippen LogP contribution >= 0.6 is 11.8 Å². The molecule has 162 valence electrons. The predicted octanol–water partition coefficient (Wildman–Crippen LogP) is 4.23. The molecule has 0 bridgehead atoms. The third kappa shape index (κ3) is 5.03. The average molecular weight is 449 g/mol. The molecular weight excluding hydrogens is 430 g/mol. The predicted molar refractivity (Wildman–Crippen MR) is 119 cm³/mol. The Kier molecular flexibility index (Phi) is 6.61. The highest BCUT2D eigenvalue weighted by Crippen LogP contribution is 2.29. The first-order chi connectivity index (χ1) is 15.6. The van der Waals surface area contributed by atoms with Gasteiger partial charge in [0.1, 0.15) is 5.76 Å². The van der Waals surface area contributed by atoms with Gasteiger partial charge in [0.25, 0.3) is 5.69 Å². The minimum Gasteiger partial charge on any atom is -0.467 e. The molecule has 9 nitrogen and oxygen atoms in total. The number of hydrogen-bond donors (Lipinski definition) is 1. The molecule has 0 unspecified atom stereocenters. The number of benzene rings is 2. The molecule has 0 saturated carbocycles. The van der Waals surface area contributed by atoms with Gasteiger partial charge in [-0.1, -0.05) is 42.1 Å². The second-order valence-corrected chi connectivity index (χ2v) is 7.80. The molecule has 32 heavy (non-hydrogen) atoms. The molecule has 0 aliphatic heterocycles. The molecule has 1 amide bonds. The number of hydrogen-bond acceptors (Lipinski definition) is 7. The summed E-state index contributed by atoms with van der Waals surface area (Å²) in [6.07, 6.45) is 1.85. The van der Waals surface area contributed by atoms with Crippen LogP contribution in [0.2, 0.25) is 0 Å². The molecule has 0 aliphatic rings. The number of nitro benzene ring substituents is 1. The van der Waals surface area contributed by atoms with Crippen molar-refractivity contribution in [2.24, 2.45) is 0 Å². The number of nitro groups is 1. The van der Waals surface area contributed by atoms with Crippen molar-refractivity contribution in [2.45, 2.75) is 18.1 Å². The molecule has 0 saturated heterocycles. The number of nitrogens with zero attached hydrogens (tertiary/aromatic N) is 4. The Morgan fingerprint density at radius 2 is 1.94 bits per heavy atom. The Labute approximate surface area is 187 Å². The Bertz CT molecular complexity index is 1210. The summed E-state index contributed by atoms with van der Waals surface area (Å²) in [6.45, 7) is 0.341. The van der Waals surface area contributed by atoms with Gasteiger partial charge >= 0.3 is 0 Å². The zero-order chi connectivity index (χ0) is 22.3. The number of nitrogens with one attached hydrogen (secondary N) is 1. The van der Waals surface area contributed by atoms with Crippen molar-refractivity contribution in [1.29, 1.82) is 0 Å². The molecule has 4 rings (SSSR count). The first-order valence-corrected chi connectivity index (χ1v) is 10.8. The van der Waals surface area contributed by atoms with Gasteiger partial charge < -0.3 is 9.73 Å². The molecule has 2 aromatic heterocycles. The Balaban J connectivity index is 1.52. The van der Waals surface area contributed by atoms with Gasteiger partial charge in [0.2, 0.25) is 5.91 Å². The van der Waals surface area contributed by atoms with E-state index < -0.39 is 4.92 Å². The van der Waals surface area contributed by atoms with E-state index in [0.717, 1.165) is 5.69 Å². The molecule has 0 atom stereocenters. The molecule has 0 fully saturated rings.